The number of anilines is 1. The molecule has 3 aromatic rings. The summed E-state index contributed by atoms with van der Waals surface area (Å²) in [5.41, 5.74) is 4.88. The predicted molar refractivity (Wildman–Crippen MR) is 119 cm³/mol. The summed E-state index contributed by atoms with van der Waals surface area (Å²) in [7, 11) is 1.88. The highest BCUT2D eigenvalue weighted by atomic mass is 16.1. The second kappa shape index (κ2) is 9.47. The van der Waals surface area contributed by atoms with Crippen molar-refractivity contribution in [3.63, 3.8) is 0 Å². The molecule has 4 rings (SSSR count). The summed E-state index contributed by atoms with van der Waals surface area (Å²) in [5, 5.41) is 10.5. The van der Waals surface area contributed by atoms with E-state index in [9.17, 15) is 4.79 Å². The Morgan fingerprint density at radius 1 is 1.17 bits per heavy atom. The van der Waals surface area contributed by atoms with Crippen molar-refractivity contribution in [2.45, 2.75) is 6.54 Å². The van der Waals surface area contributed by atoms with Crippen LogP contribution in [0.15, 0.2) is 61.2 Å². The molecule has 30 heavy (non-hydrogen) atoms. The molecule has 1 amide bonds. The van der Waals surface area contributed by atoms with Gasteiger partial charge in [-0.3, -0.25) is 19.4 Å². The average Bonchev–Trinajstić information content (AvgIpc) is 3.21. The summed E-state index contributed by atoms with van der Waals surface area (Å²) in [6, 6.07) is 9.97. The third-order valence-electron chi connectivity index (χ3n) is 5.12. The molecule has 1 fully saturated rings. The van der Waals surface area contributed by atoms with E-state index >= 15 is 0 Å². The van der Waals surface area contributed by atoms with Gasteiger partial charge < -0.3 is 10.6 Å². The van der Waals surface area contributed by atoms with Crippen molar-refractivity contribution in [1.82, 2.24) is 25.0 Å². The Kier molecular flexibility index (Phi) is 6.32. The van der Waals surface area contributed by atoms with Crippen molar-refractivity contribution in [2.24, 2.45) is 7.05 Å². The maximum absolute atomic E-state index is 12.4. The number of aromatic nitrogens is 3. The number of nitrogens with one attached hydrogen (secondary N) is 2. The number of carbonyl (C=O) groups is 1. The molecular formula is C23H26N6O. The summed E-state index contributed by atoms with van der Waals surface area (Å²) < 4.78 is 1.75. The Hall–Kier alpha value is -3.29. The van der Waals surface area contributed by atoms with Crippen LogP contribution < -0.4 is 10.6 Å². The Morgan fingerprint density at radius 2 is 1.97 bits per heavy atom. The number of piperazine rings is 1. The standard InChI is InChI=1S/C23H26N6O/c1-28-17-20(15-26-28)22-8-9-25-14-19(22)4-7-23(30)27-21-5-2-18(3-6-21)16-29-12-10-24-11-13-29/h2-9,14-15,17,24H,10-13,16H2,1H3,(H,27,30). The van der Waals surface area contributed by atoms with E-state index in [1.807, 2.05) is 31.4 Å². The first-order chi connectivity index (χ1) is 14.7. The van der Waals surface area contributed by atoms with Crippen LogP contribution >= 0.6 is 0 Å². The molecule has 154 valence electrons. The molecule has 1 aromatic carbocycles. The number of rotatable bonds is 6. The van der Waals surface area contributed by atoms with Crippen LogP contribution in [0.25, 0.3) is 17.2 Å². The van der Waals surface area contributed by atoms with Gasteiger partial charge in [0.1, 0.15) is 0 Å². The number of amides is 1. The van der Waals surface area contributed by atoms with E-state index in [4.69, 9.17) is 0 Å². The van der Waals surface area contributed by atoms with Crippen molar-refractivity contribution < 1.29 is 4.79 Å². The largest absolute Gasteiger partial charge is 0.323 e. The molecule has 0 atom stereocenters. The lowest BCUT2D eigenvalue weighted by Crippen LogP contribution is -2.42. The molecule has 1 aliphatic heterocycles. The fraction of sp³-hybridized carbons (Fsp3) is 0.261. The molecule has 3 heterocycles. The Balaban J connectivity index is 1.37. The molecule has 0 aliphatic carbocycles. The Morgan fingerprint density at radius 3 is 2.70 bits per heavy atom. The van der Waals surface area contributed by atoms with Gasteiger partial charge in [-0.15, -0.1) is 0 Å². The van der Waals surface area contributed by atoms with Gasteiger partial charge in [0.25, 0.3) is 0 Å². The highest BCUT2D eigenvalue weighted by Gasteiger charge is 2.10. The summed E-state index contributed by atoms with van der Waals surface area (Å²) in [4.78, 5) is 19.0. The van der Waals surface area contributed by atoms with E-state index in [2.05, 4.69) is 37.7 Å². The molecule has 0 spiro atoms. The van der Waals surface area contributed by atoms with Crippen molar-refractivity contribution in [3.8, 4) is 11.1 Å². The summed E-state index contributed by atoms with van der Waals surface area (Å²) in [6.07, 6.45) is 10.5. The molecular weight excluding hydrogens is 376 g/mol. The van der Waals surface area contributed by atoms with Gasteiger partial charge in [0.05, 0.1) is 6.20 Å². The molecule has 7 heteroatoms. The number of benzene rings is 1. The van der Waals surface area contributed by atoms with Crippen LogP contribution in [0, 0.1) is 0 Å². The van der Waals surface area contributed by atoms with Gasteiger partial charge in [-0.05, 0) is 35.4 Å². The number of carbonyl (C=O) groups excluding carboxylic acids is 1. The lowest BCUT2D eigenvalue weighted by atomic mass is 10.0. The van der Waals surface area contributed by atoms with Crippen LogP contribution in [0.5, 0.6) is 0 Å². The molecule has 2 N–H and O–H groups in total. The van der Waals surface area contributed by atoms with Gasteiger partial charge in [0, 0.05) is 81.3 Å². The molecule has 1 aliphatic rings. The Bertz CT molecular complexity index is 1020. The fourth-order valence-electron chi connectivity index (χ4n) is 3.53. The minimum absolute atomic E-state index is 0.175. The van der Waals surface area contributed by atoms with Crippen LogP contribution in [0.3, 0.4) is 0 Å². The molecule has 2 aromatic heterocycles. The lowest BCUT2D eigenvalue weighted by molar-refractivity contribution is -0.111. The van der Waals surface area contributed by atoms with Gasteiger partial charge in [-0.1, -0.05) is 12.1 Å². The zero-order valence-corrected chi connectivity index (χ0v) is 17.1. The van der Waals surface area contributed by atoms with Crippen LogP contribution in [-0.4, -0.2) is 51.8 Å². The van der Waals surface area contributed by atoms with Crippen molar-refractivity contribution in [2.75, 3.05) is 31.5 Å². The second-order valence-electron chi connectivity index (χ2n) is 7.41. The second-order valence-corrected chi connectivity index (χ2v) is 7.41. The van der Waals surface area contributed by atoms with E-state index in [1.165, 1.54) is 11.6 Å². The summed E-state index contributed by atoms with van der Waals surface area (Å²) in [5.74, 6) is -0.175. The van der Waals surface area contributed by atoms with Crippen LogP contribution in [0.1, 0.15) is 11.1 Å². The normalized spacial score (nSPS) is 14.8. The topological polar surface area (TPSA) is 75.1 Å². The Labute approximate surface area is 176 Å². The molecule has 0 bridgehead atoms. The zero-order valence-electron chi connectivity index (χ0n) is 17.1. The molecule has 0 unspecified atom stereocenters. The number of nitrogens with zero attached hydrogens (tertiary/aromatic N) is 4. The first kappa shape index (κ1) is 20.0. The maximum Gasteiger partial charge on any atom is 0.248 e. The van der Waals surface area contributed by atoms with Crippen molar-refractivity contribution >= 4 is 17.7 Å². The molecule has 0 saturated carbocycles. The SMILES string of the molecule is Cn1cc(-c2ccncc2C=CC(=O)Nc2ccc(CN3CCNCC3)cc2)cn1. The van der Waals surface area contributed by atoms with Crippen LogP contribution in [-0.2, 0) is 18.4 Å². The quantitative estimate of drug-likeness (QED) is 0.620. The minimum Gasteiger partial charge on any atom is -0.323 e. The van der Waals surface area contributed by atoms with Gasteiger partial charge in [0.2, 0.25) is 5.91 Å². The monoisotopic (exact) mass is 402 g/mol. The molecule has 0 radical (unpaired) electrons. The van der Waals surface area contributed by atoms with E-state index in [0.29, 0.717) is 0 Å². The maximum atomic E-state index is 12.4. The summed E-state index contributed by atoms with van der Waals surface area (Å²) in [6.45, 7) is 5.16. The lowest BCUT2D eigenvalue weighted by Gasteiger charge is -2.27. The summed E-state index contributed by atoms with van der Waals surface area (Å²) >= 11 is 0. The number of hydrogen-bond donors (Lipinski definition) is 2. The number of aryl methyl sites for hydroxylation is 1. The third kappa shape index (κ3) is 5.20. The van der Waals surface area contributed by atoms with E-state index in [-0.39, 0.29) is 5.91 Å². The van der Waals surface area contributed by atoms with E-state index in [0.717, 1.165) is 55.1 Å². The first-order valence-electron chi connectivity index (χ1n) is 10.1. The van der Waals surface area contributed by atoms with Gasteiger partial charge in [0.15, 0.2) is 0 Å². The van der Waals surface area contributed by atoms with Crippen molar-refractivity contribution in [3.05, 3.63) is 72.3 Å². The fourth-order valence-corrected chi connectivity index (χ4v) is 3.53. The number of pyridine rings is 1. The molecule has 7 nitrogen and oxygen atoms in total. The highest BCUT2D eigenvalue weighted by Crippen LogP contribution is 2.23. The molecule has 1 saturated heterocycles. The van der Waals surface area contributed by atoms with Gasteiger partial charge in [-0.2, -0.15) is 5.10 Å². The third-order valence-corrected chi connectivity index (χ3v) is 5.12. The average molecular weight is 403 g/mol. The van der Waals surface area contributed by atoms with Gasteiger partial charge >= 0.3 is 0 Å². The number of hydrogen-bond acceptors (Lipinski definition) is 5. The van der Waals surface area contributed by atoms with Crippen LogP contribution in [0.4, 0.5) is 5.69 Å². The van der Waals surface area contributed by atoms with E-state index in [1.54, 1.807) is 29.3 Å². The predicted octanol–water partition coefficient (Wildman–Crippen LogP) is 2.54. The first-order valence-corrected chi connectivity index (χ1v) is 10.1. The zero-order chi connectivity index (χ0) is 20.8. The van der Waals surface area contributed by atoms with Crippen molar-refractivity contribution in [1.29, 1.82) is 0 Å². The van der Waals surface area contributed by atoms with Crippen LogP contribution in [0.2, 0.25) is 0 Å². The minimum atomic E-state index is -0.175. The van der Waals surface area contributed by atoms with Gasteiger partial charge in [-0.25, -0.2) is 0 Å². The smallest absolute Gasteiger partial charge is 0.248 e. The highest BCUT2D eigenvalue weighted by molar-refractivity contribution is 6.02. The van der Waals surface area contributed by atoms with E-state index < -0.39 is 0 Å².